The number of hydrogen-bond donors (Lipinski definition) is 1. The minimum absolute atomic E-state index is 0.0699. The van der Waals surface area contributed by atoms with Gasteiger partial charge in [0, 0.05) is 25.4 Å². The summed E-state index contributed by atoms with van der Waals surface area (Å²) in [4.78, 5) is 9.00. The lowest BCUT2D eigenvalue weighted by atomic mass is 10.1. The fourth-order valence-corrected chi connectivity index (χ4v) is 1.60. The van der Waals surface area contributed by atoms with Crippen molar-refractivity contribution in [2.24, 2.45) is 5.92 Å². The van der Waals surface area contributed by atoms with Gasteiger partial charge in [-0.15, -0.1) is 0 Å². The summed E-state index contributed by atoms with van der Waals surface area (Å²) in [5.41, 5.74) is 1.07. The highest BCUT2D eigenvalue weighted by atomic mass is 16.5. The number of nitrogens with one attached hydrogen (secondary N) is 1. The Morgan fingerprint density at radius 1 is 1.29 bits per heavy atom. The number of rotatable bonds is 6. The zero-order valence-corrected chi connectivity index (χ0v) is 11.4. The molecule has 96 valence electrons. The SMILES string of the molecule is CCNc1cc(CC(C)C)nc(C(C)OC)n1. The third-order valence-electron chi connectivity index (χ3n) is 2.49. The van der Waals surface area contributed by atoms with E-state index < -0.39 is 0 Å². The van der Waals surface area contributed by atoms with E-state index in [1.54, 1.807) is 7.11 Å². The Morgan fingerprint density at radius 2 is 2.00 bits per heavy atom. The van der Waals surface area contributed by atoms with E-state index in [2.05, 4.69) is 36.1 Å². The molecule has 0 radical (unpaired) electrons. The summed E-state index contributed by atoms with van der Waals surface area (Å²) in [6.45, 7) is 9.26. The lowest BCUT2D eigenvalue weighted by Crippen LogP contribution is -2.10. The fourth-order valence-electron chi connectivity index (χ4n) is 1.60. The number of aromatic nitrogens is 2. The molecule has 0 saturated carbocycles. The van der Waals surface area contributed by atoms with Gasteiger partial charge in [0.2, 0.25) is 0 Å². The van der Waals surface area contributed by atoms with Crippen molar-refractivity contribution in [1.82, 2.24) is 9.97 Å². The first-order valence-corrected chi connectivity index (χ1v) is 6.21. The highest BCUT2D eigenvalue weighted by Gasteiger charge is 2.11. The second-order valence-corrected chi connectivity index (χ2v) is 4.61. The maximum atomic E-state index is 5.28. The van der Waals surface area contributed by atoms with Gasteiger partial charge in [0.1, 0.15) is 11.9 Å². The maximum Gasteiger partial charge on any atom is 0.159 e. The molecule has 1 rings (SSSR count). The molecular formula is C13H23N3O. The van der Waals surface area contributed by atoms with Crippen LogP contribution in [0.25, 0.3) is 0 Å². The van der Waals surface area contributed by atoms with E-state index in [1.807, 2.05) is 13.0 Å². The minimum atomic E-state index is -0.0699. The minimum Gasteiger partial charge on any atom is -0.374 e. The first kappa shape index (κ1) is 13.9. The molecule has 1 aromatic rings. The molecule has 0 aliphatic carbocycles. The van der Waals surface area contributed by atoms with E-state index in [4.69, 9.17) is 4.74 Å². The normalized spacial score (nSPS) is 12.8. The Morgan fingerprint density at radius 3 is 2.53 bits per heavy atom. The second-order valence-electron chi connectivity index (χ2n) is 4.61. The van der Waals surface area contributed by atoms with Gasteiger partial charge in [0.05, 0.1) is 0 Å². The predicted octanol–water partition coefficient (Wildman–Crippen LogP) is 2.81. The molecule has 0 saturated heterocycles. The van der Waals surface area contributed by atoms with E-state index in [9.17, 15) is 0 Å². The number of ether oxygens (including phenoxy) is 1. The smallest absolute Gasteiger partial charge is 0.159 e. The summed E-state index contributed by atoms with van der Waals surface area (Å²) in [5.74, 6) is 2.23. The van der Waals surface area contributed by atoms with Crippen LogP contribution in [0.15, 0.2) is 6.07 Å². The van der Waals surface area contributed by atoms with Crippen molar-refractivity contribution in [3.8, 4) is 0 Å². The summed E-state index contributed by atoms with van der Waals surface area (Å²) in [5, 5.41) is 3.23. The summed E-state index contributed by atoms with van der Waals surface area (Å²) in [7, 11) is 1.68. The van der Waals surface area contributed by atoms with Crippen LogP contribution in [-0.2, 0) is 11.2 Å². The molecule has 0 aliphatic heterocycles. The van der Waals surface area contributed by atoms with Gasteiger partial charge in [-0.1, -0.05) is 13.8 Å². The van der Waals surface area contributed by atoms with Crippen LogP contribution >= 0.6 is 0 Å². The van der Waals surface area contributed by atoms with Gasteiger partial charge in [0.15, 0.2) is 5.82 Å². The van der Waals surface area contributed by atoms with Crippen LogP contribution in [0.3, 0.4) is 0 Å². The zero-order valence-electron chi connectivity index (χ0n) is 11.4. The number of anilines is 1. The second kappa shape index (κ2) is 6.55. The van der Waals surface area contributed by atoms with E-state index in [-0.39, 0.29) is 6.10 Å². The third-order valence-corrected chi connectivity index (χ3v) is 2.49. The standard InChI is InChI=1S/C13H23N3O/c1-6-14-12-8-11(7-9(2)3)15-13(16-12)10(4)17-5/h8-10H,6-7H2,1-5H3,(H,14,15,16). The van der Waals surface area contributed by atoms with Crippen LogP contribution in [-0.4, -0.2) is 23.6 Å². The monoisotopic (exact) mass is 237 g/mol. The van der Waals surface area contributed by atoms with Crippen molar-refractivity contribution in [1.29, 1.82) is 0 Å². The van der Waals surface area contributed by atoms with Crippen LogP contribution < -0.4 is 5.32 Å². The Balaban J connectivity index is 3.00. The first-order valence-electron chi connectivity index (χ1n) is 6.21. The molecule has 1 aromatic heterocycles. The highest BCUT2D eigenvalue weighted by Crippen LogP contribution is 2.17. The molecular weight excluding hydrogens is 214 g/mol. The molecule has 4 heteroatoms. The third kappa shape index (κ3) is 4.30. The Hall–Kier alpha value is -1.16. The van der Waals surface area contributed by atoms with Crippen LogP contribution in [0.2, 0.25) is 0 Å². The quantitative estimate of drug-likeness (QED) is 0.826. The van der Waals surface area contributed by atoms with Crippen molar-refractivity contribution in [2.75, 3.05) is 19.0 Å². The van der Waals surface area contributed by atoms with Crippen LogP contribution in [0.4, 0.5) is 5.82 Å². The van der Waals surface area contributed by atoms with E-state index >= 15 is 0 Å². The van der Waals surface area contributed by atoms with Crippen molar-refractivity contribution in [3.63, 3.8) is 0 Å². The molecule has 1 atom stereocenters. The van der Waals surface area contributed by atoms with Crippen molar-refractivity contribution in [3.05, 3.63) is 17.6 Å². The summed E-state index contributed by atoms with van der Waals surface area (Å²) < 4.78 is 5.28. The average Bonchev–Trinajstić information content (AvgIpc) is 2.27. The summed E-state index contributed by atoms with van der Waals surface area (Å²) >= 11 is 0. The van der Waals surface area contributed by atoms with Gasteiger partial charge in [-0.2, -0.15) is 0 Å². The molecule has 0 aromatic carbocycles. The van der Waals surface area contributed by atoms with Gasteiger partial charge < -0.3 is 10.1 Å². The zero-order chi connectivity index (χ0) is 12.8. The highest BCUT2D eigenvalue weighted by molar-refractivity contribution is 5.36. The van der Waals surface area contributed by atoms with Crippen molar-refractivity contribution < 1.29 is 4.74 Å². The lowest BCUT2D eigenvalue weighted by molar-refractivity contribution is 0.112. The largest absolute Gasteiger partial charge is 0.374 e. The van der Waals surface area contributed by atoms with Gasteiger partial charge in [-0.3, -0.25) is 0 Å². The predicted molar refractivity (Wildman–Crippen MR) is 70.2 cm³/mol. The molecule has 0 bridgehead atoms. The molecule has 0 fully saturated rings. The molecule has 0 spiro atoms. The summed E-state index contributed by atoms with van der Waals surface area (Å²) in [6, 6.07) is 2.02. The van der Waals surface area contributed by atoms with E-state index in [0.29, 0.717) is 5.92 Å². The van der Waals surface area contributed by atoms with Crippen molar-refractivity contribution in [2.45, 2.75) is 40.2 Å². The average molecular weight is 237 g/mol. The Labute approximate surface area is 104 Å². The molecule has 1 heterocycles. The van der Waals surface area contributed by atoms with Gasteiger partial charge in [0.25, 0.3) is 0 Å². The van der Waals surface area contributed by atoms with Crippen molar-refractivity contribution >= 4 is 5.82 Å². The van der Waals surface area contributed by atoms with Gasteiger partial charge in [-0.25, -0.2) is 9.97 Å². The summed E-state index contributed by atoms with van der Waals surface area (Å²) in [6.07, 6.45) is 0.893. The molecule has 17 heavy (non-hydrogen) atoms. The van der Waals surface area contributed by atoms with Crippen LogP contribution in [0.1, 0.15) is 45.3 Å². The lowest BCUT2D eigenvalue weighted by Gasteiger charge is -2.13. The van der Waals surface area contributed by atoms with E-state index in [0.717, 1.165) is 30.3 Å². The maximum absolute atomic E-state index is 5.28. The number of hydrogen-bond acceptors (Lipinski definition) is 4. The van der Waals surface area contributed by atoms with E-state index in [1.165, 1.54) is 0 Å². The van der Waals surface area contributed by atoms with Crippen LogP contribution in [0, 0.1) is 5.92 Å². The topological polar surface area (TPSA) is 47.0 Å². The number of methoxy groups -OCH3 is 1. The van der Waals surface area contributed by atoms with Gasteiger partial charge >= 0.3 is 0 Å². The molecule has 4 nitrogen and oxygen atoms in total. The fraction of sp³-hybridized carbons (Fsp3) is 0.692. The Bertz CT molecular complexity index is 353. The molecule has 0 amide bonds. The molecule has 1 N–H and O–H groups in total. The Kier molecular flexibility index (Phi) is 5.35. The molecule has 1 unspecified atom stereocenters. The molecule has 0 aliphatic rings. The van der Waals surface area contributed by atoms with Gasteiger partial charge in [-0.05, 0) is 26.2 Å². The first-order chi connectivity index (χ1) is 8.06. The van der Waals surface area contributed by atoms with Crippen LogP contribution in [0.5, 0.6) is 0 Å². The number of nitrogens with zero attached hydrogens (tertiary/aromatic N) is 2.